The molecule has 1 atom stereocenters. The van der Waals surface area contributed by atoms with Crippen molar-refractivity contribution in [3.8, 4) is 12.3 Å². The van der Waals surface area contributed by atoms with Crippen LogP contribution in [0.25, 0.3) is 6.08 Å². The lowest BCUT2D eigenvalue weighted by Gasteiger charge is -2.11. The Kier molecular flexibility index (Phi) is 4.35. The van der Waals surface area contributed by atoms with Gasteiger partial charge in [-0.1, -0.05) is 42.3 Å². The highest BCUT2D eigenvalue weighted by molar-refractivity contribution is 5.67. The molecule has 0 spiro atoms. The molecule has 0 aliphatic heterocycles. The van der Waals surface area contributed by atoms with Gasteiger partial charge in [-0.25, -0.2) is 0 Å². The predicted octanol–water partition coefficient (Wildman–Crippen LogP) is 2.65. The average molecular weight is 214 g/mol. The number of hydrogen-bond donors (Lipinski definition) is 0. The van der Waals surface area contributed by atoms with Crippen LogP contribution in [0.4, 0.5) is 0 Å². The van der Waals surface area contributed by atoms with Crippen LogP contribution < -0.4 is 0 Å². The second-order valence-corrected chi connectivity index (χ2v) is 3.46. The largest absolute Gasteiger partial charge is 0.445 e. The van der Waals surface area contributed by atoms with Gasteiger partial charge in [-0.05, 0) is 18.1 Å². The molecule has 2 heteroatoms. The molecule has 1 rings (SSSR count). The predicted molar refractivity (Wildman–Crippen MR) is 64.5 cm³/mol. The lowest BCUT2D eigenvalue weighted by Crippen LogP contribution is -2.15. The first kappa shape index (κ1) is 12.1. The summed E-state index contributed by atoms with van der Waals surface area (Å²) in [5.41, 5.74) is 1.87. The zero-order valence-electron chi connectivity index (χ0n) is 9.44. The first-order valence-electron chi connectivity index (χ1n) is 5.00. The van der Waals surface area contributed by atoms with E-state index in [1.807, 2.05) is 43.3 Å². The van der Waals surface area contributed by atoms with Gasteiger partial charge >= 0.3 is 5.97 Å². The molecule has 0 heterocycles. The minimum atomic E-state index is -0.585. The molecule has 1 aromatic carbocycles. The highest BCUT2D eigenvalue weighted by Gasteiger charge is 2.09. The second kappa shape index (κ2) is 5.77. The zero-order valence-corrected chi connectivity index (χ0v) is 9.44. The summed E-state index contributed by atoms with van der Waals surface area (Å²) in [5, 5.41) is 0. The van der Waals surface area contributed by atoms with Crippen molar-refractivity contribution in [2.24, 2.45) is 0 Å². The van der Waals surface area contributed by atoms with Gasteiger partial charge in [0.2, 0.25) is 0 Å². The molecule has 0 aromatic heterocycles. The van der Waals surface area contributed by atoms with Crippen molar-refractivity contribution in [3.63, 3.8) is 0 Å². The molecule has 82 valence electrons. The summed E-state index contributed by atoms with van der Waals surface area (Å²) in [6, 6.07) is 9.75. The molecule has 0 saturated carbocycles. The Morgan fingerprint density at radius 3 is 2.50 bits per heavy atom. The fourth-order valence-corrected chi connectivity index (χ4v) is 1.31. The number of ether oxygens (including phenoxy) is 1. The number of rotatable bonds is 3. The van der Waals surface area contributed by atoms with Crippen LogP contribution in [-0.2, 0) is 9.53 Å². The van der Waals surface area contributed by atoms with E-state index in [1.165, 1.54) is 6.92 Å². The summed E-state index contributed by atoms with van der Waals surface area (Å²) in [6.07, 6.45) is 6.63. The third-order valence-electron chi connectivity index (χ3n) is 2.04. The van der Waals surface area contributed by atoms with Gasteiger partial charge in [0.25, 0.3) is 0 Å². The standard InChI is InChI=1S/C14H14O2/c1-4-14(16-12(3)15)11(2)10-13-8-6-5-7-9-13/h1,5-10,14H,2-3H3/b11-10+. The summed E-state index contributed by atoms with van der Waals surface area (Å²) in [6.45, 7) is 3.20. The highest BCUT2D eigenvalue weighted by Crippen LogP contribution is 2.11. The van der Waals surface area contributed by atoms with Crippen LogP contribution in [0.5, 0.6) is 0 Å². The number of carbonyl (C=O) groups is 1. The van der Waals surface area contributed by atoms with E-state index >= 15 is 0 Å². The molecule has 0 aliphatic rings. The number of hydrogen-bond acceptors (Lipinski definition) is 2. The van der Waals surface area contributed by atoms with E-state index in [4.69, 9.17) is 11.2 Å². The van der Waals surface area contributed by atoms with Crippen LogP contribution in [0.2, 0.25) is 0 Å². The van der Waals surface area contributed by atoms with Crippen LogP contribution >= 0.6 is 0 Å². The summed E-state index contributed by atoms with van der Waals surface area (Å²) in [5.74, 6) is 2.07. The summed E-state index contributed by atoms with van der Waals surface area (Å²) in [7, 11) is 0. The summed E-state index contributed by atoms with van der Waals surface area (Å²) in [4.78, 5) is 10.8. The van der Waals surface area contributed by atoms with Crippen molar-refractivity contribution in [2.45, 2.75) is 20.0 Å². The SMILES string of the molecule is C#CC(OC(C)=O)/C(C)=C/c1ccccc1. The van der Waals surface area contributed by atoms with E-state index in [0.29, 0.717) is 0 Å². The van der Waals surface area contributed by atoms with Crippen molar-refractivity contribution in [2.75, 3.05) is 0 Å². The van der Waals surface area contributed by atoms with Gasteiger partial charge in [-0.15, -0.1) is 6.42 Å². The first-order valence-corrected chi connectivity index (χ1v) is 5.00. The molecule has 0 saturated heterocycles. The maximum absolute atomic E-state index is 10.8. The van der Waals surface area contributed by atoms with Crippen LogP contribution in [0.15, 0.2) is 35.9 Å². The Morgan fingerprint density at radius 1 is 1.38 bits per heavy atom. The van der Waals surface area contributed by atoms with Gasteiger partial charge in [0, 0.05) is 6.92 Å². The first-order chi connectivity index (χ1) is 7.63. The summed E-state index contributed by atoms with van der Waals surface area (Å²) >= 11 is 0. The molecule has 0 fully saturated rings. The molecule has 0 aliphatic carbocycles. The Morgan fingerprint density at radius 2 is 2.00 bits per heavy atom. The quantitative estimate of drug-likeness (QED) is 0.571. The van der Waals surface area contributed by atoms with E-state index in [9.17, 15) is 4.79 Å². The number of carbonyl (C=O) groups excluding carboxylic acids is 1. The van der Waals surface area contributed by atoms with E-state index in [2.05, 4.69) is 5.92 Å². The van der Waals surface area contributed by atoms with Gasteiger partial charge in [0.1, 0.15) is 0 Å². The molecule has 1 aromatic rings. The number of terminal acetylenes is 1. The van der Waals surface area contributed by atoms with Gasteiger partial charge in [-0.2, -0.15) is 0 Å². The minimum absolute atomic E-state index is 0.372. The Balaban J connectivity index is 2.84. The Labute approximate surface area is 95.9 Å². The number of esters is 1. The molecule has 0 bridgehead atoms. The van der Waals surface area contributed by atoms with Crippen molar-refractivity contribution < 1.29 is 9.53 Å². The molecular weight excluding hydrogens is 200 g/mol. The normalized spacial score (nSPS) is 12.7. The van der Waals surface area contributed by atoms with E-state index in [-0.39, 0.29) is 5.97 Å². The number of benzene rings is 1. The van der Waals surface area contributed by atoms with Crippen molar-refractivity contribution in [3.05, 3.63) is 41.5 Å². The van der Waals surface area contributed by atoms with Crippen molar-refractivity contribution in [1.82, 2.24) is 0 Å². The fraction of sp³-hybridized carbons (Fsp3) is 0.214. The lowest BCUT2D eigenvalue weighted by molar-refractivity contribution is -0.142. The third kappa shape index (κ3) is 3.62. The molecular formula is C14H14O2. The van der Waals surface area contributed by atoms with E-state index in [1.54, 1.807) is 0 Å². The highest BCUT2D eigenvalue weighted by atomic mass is 16.5. The smallest absolute Gasteiger partial charge is 0.304 e. The second-order valence-electron chi connectivity index (χ2n) is 3.46. The molecule has 2 nitrogen and oxygen atoms in total. The Bertz CT molecular complexity index is 424. The van der Waals surface area contributed by atoms with Crippen molar-refractivity contribution in [1.29, 1.82) is 0 Å². The maximum atomic E-state index is 10.8. The molecule has 16 heavy (non-hydrogen) atoms. The van der Waals surface area contributed by atoms with Crippen molar-refractivity contribution >= 4 is 12.0 Å². The fourth-order valence-electron chi connectivity index (χ4n) is 1.31. The molecule has 0 amide bonds. The lowest BCUT2D eigenvalue weighted by atomic mass is 10.1. The van der Waals surface area contributed by atoms with Gasteiger partial charge < -0.3 is 4.74 Å². The van der Waals surface area contributed by atoms with E-state index < -0.39 is 6.10 Å². The zero-order chi connectivity index (χ0) is 12.0. The van der Waals surface area contributed by atoms with Crippen LogP contribution in [-0.4, -0.2) is 12.1 Å². The monoisotopic (exact) mass is 214 g/mol. The average Bonchev–Trinajstić information content (AvgIpc) is 2.26. The maximum Gasteiger partial charge on any atom is 0.304 e. The van der Waals surface area contributed by atoms with Gasteiger partial charge in [0.05, 0.1) is 0 Å². The van der Waals surface area contributed by atoms with Gasteiger partial charge in [-0.3, -0.25) is 4.79 Å². The molecule has 0 N–H and O–H groups in total. The molecule has 0 radical (unpaired) electrons. The van der Waals surface area contributed by atoms with Gasteiger partial charge in [0.15, 0.2) is 6.10 Å². The van der Waals surface area contributed by atoms with Crippen LogP contribution in [0, 0.1) is 12.3 Å². The third-order valence-corrected chi connectivity index (χ3v) is 2.04. The van der Waals surface area contributed by atoms with Crippen LogP contribution in [0.3, 0.4) is 0 Å². The van der Waals surface area contributed by atoms with Crippen LogP contribution in [0.1, 0.15) is 19.4 Å². The van der Waals surface area contributed by atoms with E-state index in [0.717, 1.165) is 11.1 Å². The topological polar surface area (TPSA) is 26.3 Å². The minimum Gasteiger partial charge on any atom is -0.445 e. The molecule has 1 unspecified atom stereocenters. The Hall–Kier alpha value is -2.01. The summed E-state index contributed by atoms with van der Waals surface area (Å²) < 4.78 is 4.99.